The van der Waals surface area contributed by atoms with Crippen LogP contribution in [0.2, 0.25) is 0 Å². The van der Waals surface area contributed by atoms with Crippen molar-refractivity contribution >= 4 is 11.4 Å². The van der Waals surface area contributed by atoms with E-state index >= 15 is 0 Å². The maximum atomic E-state index is 5.87. The van der Waals surface area contributed by atoms with Gasteiger partial charge in [0.15, 0.2) is 5.79 Å². The molecule has 1 aromatic carbocycles. The number of nitrogens with two attached hydrogens (primary N) is 1. The van der Waals surface area contributed by atoms with Crippen molar-refractivity contribution in [2.45, 2.75) is 18.6 Å². The van der Waals surface area contributed by atoms with Gasteiger partial charge in [0, 0.05) is 31.6 Å². The van der Waals surface area contributed by atoms with Crippen LogP contribution >= 0.6 is 0 Å². The molecule has 5 heteroatoms. The van der Waals surface area contributed by atoms with Crippen molar-refractivity contribution in [2.24, 2.45) is 0 Å². The average molecular weight is 264 g/mol. The summed E-state index contributed by atoms with van der Waals surface area (Å²) in [7, 11) is 1.68. The lowest BCUT2D eigenvalue weighted by Gasteiger charge is -2.39. The summed E-state index contributed by atoms with van der Waals surface area (Å²) < 4.78 is 16.9. The molecule has 0 bridgehead atoms. The van der Waals surface area contributed by atoms with Crippen LogP contribution in [0.4, 0.5) is 11.4 Å². The van der Waals surface area contributed by atoms with Crippen molar-refractivity contribution in [2.75, 3.05) is 44.0 Å². The van der Waals surface area contributed by atoms with Gasteiger partial charge in [0.1, 0.15) is 5.75 Å². The van der Waals surface area contributed by atoms with Crippen molar-refractivity contribution in [3.05, 3.63) is 18.2 Å². The smallest absolute Gasteiger partial charge is 0.171 e. The van der Waals surface area contributed by atoms with Crippen molar-refractivity contribution < 1.29 is 14.2 Å². The first-order chi connectivity index (χ1) is 9.22. The number of piperidine rings is 1. The van der Waals surface area contributed by atoms with Gasteiger partial charge in [-0.15, -0.1) is 0 Å². The highest BCUT2D eigenvalue weighted by Gasteiger charge is 2.40. The van der Waals surface area contributed by atoms with Gasteiger partial charge in [-0.2, -0.15) is 0 Å². The predicted octanol–water partition coefficient (Wildman–Crippen LogP) is 1.62. The molecule has 2 saturated heterocycles. The van der Waals surface area contributed by atoms with Crippen LogP contribution in [0.5, 0.6) is 5.75 Å². The zero-order valence-corrected chi connectivity index (χ0v) is 11.2. The lowest BCUT2D eigenvalue weighted by Crippen LogP contribution is -2.45. The summed E-state index contributed by atoms with van der Waals surface area (Å²) >= 11 is 0. The number of nitrogens with zero attached hydrogens (tertiary/aromatic N) is 1. The normalized spacial score (nSPS) is 21.8. The first-order valence-electron chi connectivity index (χ1n) is 6.69. The Kier molecular flexibility index (Phi) is 3.24. The first-order valence-corrected chi connectivity index (χ1v) is 6.69. The predicted molar refractivity (Wildman–Crippen MR) is 73.5 cm³/mol. The fourth-order valence-electron chi connectivity index (χ4n) is 2.83. The van der Waals surface area contributed by atoms with Crippen LogP contribution in [0.3, 0.4) is 0 Å². The molecule has 2 aliphatic rings. The highest BCUT2D eigenvalue weighted by atomic mass is 16.7. The Balaban J connectivity index is 1.76. The lowest BCUT2D eigenvalue weighted by molar-refractivity contribution is -0.169. The quantitative estimate of drug-likeness (QED) is 0.823. The molecule has 2 N–H and O–H groups in total. The zero-order valence-electron chi connectivity index (χ0n) is 11.2. The number of hydrogen-bond acceptors (Lipinski definition) is 5. The molecule has 0 aromatic heterocycles. The molecule has 3 rings (SSSR count). The highest BCUT2D eigenvalue weighted by molar-refractivity contribution is 5.65. The highest BCUT2D eigenvalue weighted by Crippen LogP contribution is 2.37. The average Bonchev–Trinajstić information content (AvgIpc) is 2.88. The van der Waals surface area contributed by atoms with Gasteiger partial charge in [0.05, 0.1) is 26.0 Å². The minimum Gasteiger partial charge on any atom is -0.495 e. The fraction of sp³-hybridized carbons (Fsp3) is 0.571. The third-order valence-corrected chi connectivity index (χ3v) is 3.88. The zero-order chi connectivity index (χ0) is 13.3. The Morgan fingerprint density at radius 3 is 2.53 bits per heavy atom. The van der Waals surface area contributed by atoms with Gasteiger partial charge in [0.2, 0.25) is 0 Å². The summed E-state index contributed by atoms with van der Waals surface area (Å²) in [4.78, 5) is 2.28. The number of rotatable bonds is 2. The monoisotopic (exact) mass is 264 g/mol. The van der Waals surface area contributed by atoms with Gasteiger partial charge >= 0.3 is 0 Å². The van der Waals surface area contributed by atoms with Crippen molar-refractivity contribution in [3.8, 4) is 5.75 Å². The molecule has 2 fully saturated rings. The summed E-state index contributed by atoms with van der Waals surface area (Å²) in [5, 5.41) is 0. The lowest BCUT2D eigenvalue weighted by atomic mass is 10.0. The summed E-state index contributed by atoms with van der Waals surface area (Å²) in [5.74, 6) is 0.516. The third-order valence-electron chi connectivity index (χ3n) is 3.88. The molecule has 19 heavy (non-hydrogen) atoms. The minimum absolute atomic E-state index is 0.343. The SMILES string of the molecule is COc1ccc(N)cc1N1CCC2(CC1)OCCO2. The number of nitrogen functional groups attached to an aromatic ring is 1. The van der Waals surface area contributed by atoms with E-state index in [1.54, 1.807) is 7.11 Å². The van der Waals surface area contributed by atoms with Crippen LogP contribution in [0.15, 0.2) is 18.2 Å². The molecule has 5 nitrogen and oxygen atoms in total. The second-order valence-electron chi connectivity index (χ2n) is 5.03. The van der Waals surface area contributed by atoms with E-state index in [4.69, 9.17) is 19.9 Å². The third kappa shape index (κ3) is 2.35. The van der Waals surface area contributed by atoms with Gasteiger partial charge < -0.3 is 24.8 Å². The number of ether oxygens (including phenoxy) is 3. The van der Waals surface area contributed by atoms with Crippen LogP contribution in [0.25, 0.3) is 0 Å². The number of anilines is 2. The van der Waals surface area contributed by atoms with Crippen molar-refractivity contribution in [3.63, 3.8) is 0 Å². The number of benzene rings is 1. The van der Waals surface area contributed by atoms with Gasteiger partial charge in [-0.05, 0) is 18.2 Å². The summed E-state index contributed by atoms with van der Waals surface area (Å²) in [6.45, 7) is 3.20. The largest absolute Gasteiger partial charge is 0.495 e. The van der Waals surface area contributed by atoms with E-state index in [0.29, 0.717) is 13.2 Å². The molecule has 1 spiro atoms. The van der Waals surface area contributed by atoms with E-state index in [1.165, 1.54) is 0 Å². The van der Waals surface area contributed by atoms with E-state index in [9.17, 15) is 0 Å². The molecule has 0 amide bonds. The van der Waals surface area contributed by atoms with Crippen molar-refractivity contribution in [1.29, 1.82) is 0 Å². The number of hydrogen-bond donors (Lipinski definition) is 1. The summed E-state index contributed by atoms with van der Waals surface area (Å²) in [6, 6.07) is 5.74. The van der Waals surface area contributed by atoms with Gasteiger partial charge in [0.25, 0.3) is 0 Å². The molecule has 2 heterocycles. The first kappa shape index (κ1) is 12.6. The Morgan fingerprint density at radius 2 is 1.89 bits per heavy atom. The summed E-state index contributed by atoms with van der Waals surface area (Å²) in [5.41, 5.74) is 7.68. The molecule has 0 radical (unpaired) electrons. The molecule has 0 atom stereocenters. The van der Waals surface area contributed by atoms with Crippen molar-refractivity contribution in [1.82, 2.24) is 0 Å². The van der Waals surface area contributed by atoms with Crippen LogP contribution in [0, 0.1) is 0 Å². The second-order valence-corrected chi connectivity index (χ2v) is 5.03. The topological polar surface area (TPSA) is 57.0 Å². The Hall–Kier alpha value is -1.46. The number of methoxy groups -OCH3 is 1. The molecule has 0 aliphatic carbocycles. The van der Waals surface area contributed by atoms with E-state index in [2.05, 4.69) is 4.90 Å². The maximum absolute atomic E-state index is 5.87. The molecule has 104 valence electrons. The standard InChI is InChI=1S/C14H20N2O3/c1-17-13-3-2-11(15)10-12(13)16-6-4-14(5-7-16)18-8-9-19-14/h2-3,10H,4-9,15H2,1H3. The minimum atomic E-state index is -0.343. The second kappa shape index (κ2) is 4.90. The van der Waals surface area contributed by atoms with Gasteiger partial charge in [-0.1, -0.05) is 0 Å². The fourth-order valence-corrected chi connectivity index (χ4v) is 2.83. The molecular weight excluding hydrogens is 244 g/mol. The molecule has 1 aromatic rings. The van der Waals surface area contributed by atoms with E-state index in [0.717, 1.165) is 43.1 Å². The molecule has 0 unspecified atom stereocenters. The Morgan fingerprint density at radius 1 is 1.21 bits per heavy atom. The van der Waals surface area contributed by atoms with E-state index in [-0.39, 0.29) is 5.79 Å². The Labute approximate surface area is 113 Å². The van der Waals surface area contributed by atoms with Gasteiger partial charge in [-0.25, -0.2) is 0 Å². The molecule has 2 aliphatic heterocycles. The van der Waals surface area contributed by atoms with Gasteiger partial charge in [-0.3, -0.25) is 0 Å². The van der Waals surface area contributed by atoms with E-state index < -0.39 is 0 Å². The van der Waals surface area contributed by atoms with Crippen LogP contribution in [0.1, 0.15) is 12.8 Å². The van der Waals surface area contributed by atoms with E-state index in [1.807, 2.05) is 18.2 Å². The van der Waals surface area contributed by atoms with Crippen LogP contribution in [-0.2, 0) is 9.47 Å². The van der Waals surface area contributed by atoms with Crippen LogP contribution < -0.4 is 15.4 Å². The summed E-state index contributed by atoms with van der Waals surface area (Å²) in [6.07, 6.45) is 1.76. The van der Waals surface area contributed by atoms with Crippen LogP contribution in [-0.4, -0.2) is 39.2 Å². The molecule has 0 saturated carbocycles. The maximum Gasteiger partial charge on any atom is 0.171 e. The Bertz CT molecular complexity index is 448. The molecular formula is C14H20N2O3.